The summed E-state index contributed by atoms with van der Waals surface area (Å²) in [6.07, 6.45) is 14.7. The standard InChI is InChI=1S/C22H35NO2S/c1-21-11-10-16-14(15(21)7-9-19(21)25-13-4-5-13)6-8-18-22(16,2)12-17(26-3)20(24)23-18/h13-19H,4-12H2,1-3H3,(H,23,24)/t14-,15-,16-,17+,18+,19-,21-,22+/m0/s1. The van der Waals surface area contributed by atoms with Crippen LogP contribution in [0.3, 0.4) is 0 Å². The molecule has 4 heteroatoms. The third-order valence-corrected chi connectivity index (χ3v) is 10.1. The van der Waals surface area contributed by atoms with Crippen LogP contribution < -0.4 is 5.32 Å². The van der Waals surface area contributed by atoms with Crippen molar-refractivity contribution in [3.8, 4) is 0 Å². The number of piperidine rings is 1. The molecule has 5 aliphatic rings. The van der Waals surface area contributed by atoms with Gasteiger partial charge in [-0.25, -0.2) is 0 Å². The van der Waals surface area contributed by atoms with E-state index in [-0.39, 0.29) is 11.2 Å². The fraction of sp³-hybridized carbons (Fsp3) is 0.955. The summed E-state index contributed by atoms with van der Waals surface area (Å²) >= 11 is 1.75. The molecule has 1 heterocycles. The first-order chi connectivity index (χ1) is 12.5. The Labute approximate surface area is 162 Å². The SMILES string of the molecule is CS[C@@H]1C[C@@]2(C)[C@@H](CC[C@@H]3[C@@H]2CC[C@]2(C)[C@@H](OC4CC4)CC[C@@H]32)NC1=O. The summed E-state index contributed by atoms with van der Waals surface area (Å²) in [5.74, 6) is 2.76. The lowest BCUT2D eigenvalue weighted by Crippen LogP contribution is -2.64. The summed E-state index contributed by atoms with van der Waals surface area (Å²) in [6, 6.07) is 0.406. The van der Waals surface area contributed by atoms with E-state index < -0.39 is 0 Å². The second kappa shape index (κ2) is 6.14. The first-order valence-electron chi connectivity index (χ1n) is 10.9. The van der Waals surface area contributed by atoms with Crippen LogP contribution in [0, 0.1) is 28.6 Å². The molecule has 146 valence electrons. The molecule has 4 saturated carbocycles. The summed E-state index contributed by atoms with van der Waals surface area (Å²) in [4.78, 5) is 12.4. The predicted molar refractivity (Wildman–Crippen MR) is 106 cm³/mol. The Morgan fingerprint density at radius 3 is 2.50 bits per heavy atom. The first-order valence-corrected chi connectivity index (χ1v) is 12.2. The molecule has 0 radical (unpaired) electrons. The van der Waals surface area contributed by atoms with Gasteiger partial charge in [0.1, 0.15) is 0 Å². The molecule has 8 atom stereocenters. The van der Waals surface area contributed by atoms with Gasteiger partial charge in [-0.1, -0.05) is 13.8 Å². The number of nitrogens with one attached hydrogen (secondary N) is 1. The Morgan fingerprint density at radius 1 is 1.00 bits per heavy atom. The average molecular weight is 378 g/mol. The predicted octanol–water partition coefficient (Wildman–Crippen LogP) is 4.40. The number of amides is 1. The Kier molecular flexibility index (Phi) is 4.21. The van der Waals surface area contributed by atoms with Crippen LogP contribution in [0.4, 0.5) is 0 Å². The molecule has 1 amide bonds. The van der Waals surface area contributed by atoms with E-state index in [1.807, 2.05) is 0 Å². The minimum Gasteiger partial charge on any atom is -0.374 e. The summed E-state index contributed by atoms with van der Waals surface area (Å²) in [5.41, 5.74) is 0.699. The van der Waals surface area contributed by atoms with Crippen LogP contribution >= 0.6 is 11.8 Å². The minimum atomic E-state index is 0.151. The smallest absolute Gasteiger partial charge is 0.233 e. The summed E-state index contributed by atoms with van der Waals surface area (Å²) in [6.45, 7) is 5.06. The number of rotatable bonds is 3. The highest BCUT2D eigenvalue weighted by Gasteiger charge is 2.61. The topological polar surface area (TPSA) is 38.3 Å². The van der Waals surface area contributed by atoms with E-state index in [0.717, 1.165) is 24.2 Å². The lowest BCUT2D eigenvalue weighted by atomic mass is 9.47. The Hall–Kier alpha value is -0.220. The number of fused-ring (bicyclic) bond motifs is 5. The highest BCUT2D eigenvalue weighted by atomic mass is 32.2. The van der Waals surface area contributed by atoms with Crippen molar-refractivity contribution in [1.82, 2.24) is 5.32 Å². The fourth-order valence-electron chi connectivity index (χ4n) is 7.55. The molecule has 0 spiro atoms. The van der Waals surface area contributed by atoms with Crippen LogP contribution in [0.15, 0.2) is 0 Å². The number of hydrogen-bond donors (Lipinski definition) is 1. The van der Waals surface area contributed by atoms with Crippen LogP contribution in [0.5, 0.6) is 0 Å². The largest absolute Gasteiger partial charge is 0.374 e. The third-order valence-electron chi connectivity index (χ3n) is 9.18. The van der Waals surface area contributed by atoms with Crippen molar-refractivity contribution >= 4 is 17.7 Å². The Balaban J connectivity index is 1.39. The van der Waals surface area contributed by atoms with Gasteiger partial charge in [0.05, 0.1) is 17.5 Å². The molecular weight excluding hydrogens is 342 g/mol. The molecule has 0 aromatic rings. The van der Waals surface area contributed by atoms with Crippen LogP contribution in [0.1, 0.15) is 71.6 Å². The average Bonchev–Trinajstić information content (AvgIpc) is 3.37. The maximum Gasteiger partial charge on any atom is 0.233 e. The van der Waals surface area contributed by atoms with E-state index in [1.54, 1.807) is 11.8 Å². The maximum absolute atomic E-state index is 12.4. The second-order valence-electron chi connectivity index (χ2n) is 10.4. The molecule has 1 aliphatic heterocycles. The highest BCUT2D eigenvalue weighted by molar-refractivity contribution is 7.99. The van der Waals surface area contributed by atoms with Crippen LogP contribution in [0.25, 0.3) is 0 Å². The van der Waals surface area contributed by atoms with Crippen LogP contribution in [0.2, 0.25) is 0 Å². The van der Waals surface area contributed by atoms with Gasteiger partial charge in [0.15, 0.2) is 0 Å². The molecule has 0 aromatic heterocycles. The zero-order chi connectivity index (χ0) is 18.1. The minimum absolute atomic E-state index is 0.151. The van der Waals surface area contributed by atoms with Crippen molar-refractivity contribution in [2.75, 3.05) is 6.26 Å². The normalized spacial score (nSPS) is 53.4. The van der Waals surface area contributed by atoms with Crippen molar-refractivity contribution in [2.45, 2.75) is 95.1 Å². The number of hydrogen-bond acceptors (Lipinski definition) is 3. The van der Waals surface area contributed by atoms with Crippen molar-refractivity contribution < 1.29 is 9.53 Å². The zero-order valence-electron chi connectivity index (χ0n) is 16.6. The zero-order valence-corrected chi connectivity index (χ0v) is 17.4. The van der Waals surface area contributed by atoms with E-state index in [2.05, 4.69) is 25.4 Å². The van der Waals surface area contributed by atoms with Gasteiger partial charge in [0, 0.05) is 6.04 Å². The lowest BCUT2D eigenvalue weighted by molar-refractivity contribution is -0.140. The van der Waals surface area contributed by atoms with Gasteiger partial charge >= 0.3 is 0 Å². The van der Waals surface area contributed by atoms with E-state index in [0.29, 0.717) is 29.1 Å². The van der Waals surface area contributed by atoms with E-state index in [9.17, 15) is 4.79 Å². The van der Waals surface area contributed by atoms with Crippen molar-refractivity contribution in [3.05, 3.63) is 0 Å². The van der Waals surface area contributed by atoms with Gasteiger partial charge in [-0.2, -0.15) is 11.8 Å². The molecular formula is C22H35NO2S. The van der Waals surface area contributed by atoms with Gasteiger partial charge in [-0.3, -0.25) is 4.79 Å². The third kappa shape index (κ3) is 2.53. The molecule has 1 N–H and O–H groups in total. The maximum atomic E-state index is 12.4. The van der Waals surface area contributed by atoms with Gasteiger partial charge in [0.2, 0.25) is 5.91 Å². The van der Waals surface area contributed by atoms with Crippen molar-refractivity contribution in [3.63, 3.8) is 0 Å². The van der Waals surface area contributed by atoms with Gasteiger partial charge in [-0.15, -0.1) is 0 Å². The molecule has 0 bridgehead atoms. The summed E-state index contributed by atoms with van der Waals surface area (Å²) < 4.78 is 6.49. The van der Waals surface area contributed by atoms with E-state index >= 15 is 0 Å². The Bertz CT molecular complexity index is 593. The van der Waals surface area contributed by atoms with Crippen molar-refractivity contribution in [1.29, 1.82) is 0 Å². The van der Waals surface area contributed by atoms with Gasteiger partial charge in [0.25, 0.3) is 0 Å². The molecule has 0 unspecified atom stereocenters. The van der Waals surface area contributed by atoms with Crippen LogP contribution in [-0.2, 0) is 9.53 Å². The number of thioether (sulfide) groups is 1. The van der Waals surface area contributed by atoms with Crippen molar-refractivity contribution in [2.24, 2.45) is 28.6 Å². The first kappa shape index (κ1) is 17.8. The quantitative estimate of drug-likeness (QED) is 0.792. The number of ether oxygens (including phenoxy) is 1. The summed E-state index contributed by atoms with van der Waals surface area (Å²) in [7, 11) is 0. The Morgan fingerprint density at radius 2 is 1.77 bits per heavy atom. The fourth-order valence-corrected chi connectivity index (χ4v) is 8.35. The molecule has 1 saturated heterocycles. The van der Waals surface area contributed by atoms with E-state index in [1.165, 1.54) is 51.4 Å². The summed E-state index contributed by atoms with van der Waals surface area (Å²) in [5, 5.41) is 3.57. The second-order valence-corrected chi connectivity index (χ2v) is 11.4. The highest BCUT2D eigenvalue weighted by Crippen LogP contribution is 2.65. The van der Waals surface area contributed by atoms with Gasteiger partial charge < -0.3 is 10.1 Å². The molecule has 5 rings (SSSR count). The number of carbonyl (C=O) groups excluding carboxylic acids is 1. The monoisotopic (exact) mass is 377 g/mol. The molecule has 4 aliphatic carbocycles. The number of carbonyl (C=O) groups is 1. The molecule has 3 nitrogen and oxygen atoms in total. The van der Waals surface area contributed by atoms with Gasteiger partial charge in [-0.05, 0) is 92.6 Å². The lowest BCUT2D eigenvalue weighted by Gasteiger charge is -2.60. The van der Waals surface area contributed by atoms with E-state index in [4.69, 9.17) is 4.74 Å². The van der Waals surface area contributed by atoms with Crippen LogP contribution in [-0.4, -0.2) is 35.7 Å². The molecule has 26 heavy (non-hydrogen) atoms. The molecule has 0 aromatic carbocycles. The molecule has 5 fully saturated rings.